The fourth-order valence-electron chi connectivity index (χ4n) is 3.77. The molecule has 30 heavy (non-hydrogen) atoms. The molecule has 1 N–H and O–H groups in total. The fourth-order valence-corrected chi connectivity index (χ4v) is 3.77. The maximum absolute atomic E-state index is 13.1. The van der Waals surface area contributed by atoms with Crippen molar-refractivity contribution < 1.29 is 22.0 Å². The second-order valence-corrected chi connectivity index (χ2v) is 7.97. The smallest absolute Gasteiger partial charge is 0.370 e. The molecule has 0 spiro atoms. The Bertz CT molecular complexity index is 1050. The summed E-state index contributed by atoms with van der Waals surface area (Å²) >= 11 is 0. The third-order valence-corrected chi connectivity index (χ3v) is 5.50. The minimum absolute atomic E-state index is 0.0929. The molecular formula is C21H21F5N4. The van der Waals surface area contributed by atoms with Crippen molar-refractivity contribution in [1.82, 2.24) is 14.6 Å². The predicted octanol–water partition coefficient (Wildman–Crippen LogP) is 5.67. The number of nitrogens with one attached hydrogen (secondary N) is 1. The highest BCUT2D eigenvalue weighted by Crippen LogP contribution is 2.42. The normalized spacial score (nSPS) is 17.7. The molecule has 0 aliphatic heterocycles. The first kappa shape index (κ1) is 20.6. The molecule has 4 nitrogen and oxygen atoms in total. The zero-order valence-corrected chi connectivity index (χ0v) is 16.5. The third-order valence-electron chi connectivity index (χ3n) is 5.50. The standard InChI is InChI=1S/C21H21F5N4/c1-12-7-18(27-11-14-9-20(22,23)10-14)30-19(28-12)8-17(29-30)13(2)15-3-5-16(6-4-15)21(24,25)26/h3-8,13-14,27H,9-11H2,1-2H3. The van der Waals surface area contributed by atoms with Crippen LogP contribution in [0, 0.1) is 12.8 Å². The van der Waals surface area contributed by atoms with Gasteiger partial charge in [-0.15, -0.1) is 0 Å². The van der Waals surface area contributed by atoms with Gasteiger partial charge < -0.3 is 5.32 Å². The summed E-state index contributed by atoms with van der Waals surface area (Å²) in [4.78, 5) is 4.46. The number of alkyl halides is 5. The quantitative estimate of drug-likeness (QED) is 0.537. The molecule has 1 atom stereocenters. The van der Waals surface area contributed by atoms with Crippen molar-refractivity contribution in [2.75, 3.05) is 11.9 Å². The Balaban J connectivity index is 1.56. The van der Waals surface area contributed by atoms with Gasteiger partial charge in [0, 0.05) is 43.1 Å². The predicted molar refractivity (Wildman–Crippen MR) is 103 cm³/mol. The van der Waals surface area contributed by atoms with Crippen LogP contribution in [-0.4, -0.2) is 27.1 Å². The van der Waals surface area contributed by atoms with Crippen molar-refractivity contribution in [2.45, 2.75) is 44.7 Å². The van der Waals surface area contributed by atoms with Crippen molar-refractivity contribution in [3.63, 3.8) is 0 Å². The molecule has 0 bridgehead atoms. The van der Waals surface area contributed by atoms with E-state index in [9.17, 15) is 22.0 Å². The number of hydrogen-bond acceptors (Lipinski definition) is 3. The van der Waals surface area contributed by atoms with Crippen molar-refractivity contribution in [1.29, 1.82) is 0 Å². The van der Waals surface area contributed by atoms with Crippen LogP contribution in [0.4, 0.5) is 27.8 Å². The van der Waals surface area contributed by atoms with E-state index in [1.807, 2.05) is 13.8 Å². The van der Waals surface area contributed by atoms with E-state index in [1.165, 1.54) is 12.1 Å². The first-order chi connectivity index (χ1) is 14.0. The molecule has 1 aliphatic rings. The summed E-state index contributed by atoms with van der Waals surface area (Å²) in [7, 11) is 0. The molecule has 4 rings (SSSR count). The van der Waals surface area contributed by atoms with Gasteiger partial charge in [0.05, 0.1) is 11.3 Å². The van der Waals surface area contributed by atoms with Crippen LogP contribution in [0.25, 0.3) is 5.65 Å². The van der Waals surface area contributed by atoms with Crippen LogP contribution in [0.1, 0.15) is 48.2 Å². The molecule has 0 radical (unpaired) electrons. The number of fused-ring (bicyclic) bond motifs is 1. The molecule has 0 amide bonds. The summed E-state index contributed by atoms with van der Waals surface area (Å²) in [6, 6.07) is 8.61. The van der Waals surface area contributed by atoms with E-state index in [0.717, 1.165) is 17.8 Å². The lowest BCUT2D eigenvalue weighted by Gasteiger charge is -2.35. The highest BCUT2D eigenvalue weighted by Gasteiger charge is 2.44. The van der Waals surface area contributed by atoms with E-state index >= 15 is 0 Å². The second kappa shape index (κ2) is 7.21. The van der Waals surface area contributed by atoms with Crippen molar-refractivity contribution >= 4 is 11.5 Å². The lowest BCUT2D eigenvalue weighted by Crippen LogP contribution is -2.39. The van der Waals surface area contributed by atoms with Crippen LogP contribution in [-0.2, 0) is 6.18 Å². The van der Waals surface area contributed by atoms with Crippen molar-refractivity contribution in [3.8, 4) is 0 Å². The Labute approximate surface area is 170 Å². The van der Waals surface area contributed by atoms with Gasteiger partial charge in [0.1, 0.15) is 5.82 Å². The van der Waals surface area contributed by atoms with Crippen LogP contribution in [0.2, 0.25) is 0 Å². The van der Waals surface area contributed by atoms with Crippen molar-refractivity contribution in [3.05, 3.63) is 58.9 Å². The molecule has 3 aromatic rings. The topological polar surface area (TPSA) is 42.2 Å². The molecule has 1 fully saturated rings. The number of benzene rings is 1. The maximum Gasteiger partial charge on any atom is 0.416 e. The summed E-state index contributed by atoms with van der Waals surface area (Å²) in [5, 5.41) is 7.76. The molecule has 2 aromatic heterocycles. The minimum Gasteiger partial charge on any atom is -0.370 e. The summed E-state index contributed by atoms with van der Waals surface area (Å²) in [6.45, 7) is 4.10. The van der Waals surface area contributed by atoms with Gasteiger partial charge in [0.15, 0.2) is 5.65 Å². The Morgan fingerprint density at radius 2 is 1.83 bits per heavy atom. The van der Waals surface area contributed by atoms with E-state index in [-0.39, 0.29) is 24.7 Å². The number of hydrogen-bond donors (Lipinski definition) is 1. The van der Waals surface area contributed by atoms with Crippen LogP contribution in [0.5, 0.6) is 0 Å². The molecule has 2 heterocycles. The van der Waals surface area contributed by atoms with Gasteiger partial charge in [-0.2, -0.15) is 22.8 Å². The Morgan fingerprint density at radius 1 is 1.17 bits per heavy atom. The minimum atomic E-state index is -4.38. The second-order valence-electron chi connectivity index (χ2n) is 7.97. The van der Waals surface area contributed by atoms with Crippen molar-refractivity contribution in [2.24, 2.45) is 5.92 Å². The van der Waals surface area contributed by atoms with E-state index < -0.39 is 17.7 Å². The number of aryl methyl sites for hydroxylation is 1. The Morgan fingerprint density at radius 3 is 2.43 bits per heavy atom. The number of anilines is 1. The van der Waals surface area contributed by atoms with E-state index in [4.69, 9.17) is 0 Å². The van der Waals surface area contributed by atoms with E-state index in [1.54, 1.807) is 16.6 Å². The lowest BCUT2D eigenvalue weighted by atomic mass is 9.81. The first-order valence-corrected chi connectivity index (χ1v) is 9.68. The average molecular weight is 424 g/mol. The molecule has 1 unspecified atom stereocenters. The van der Waals surface area contributed by atoms with Gasteiger partial charge >= 0.3 is 6.18 Å². The van der Waals surface area contributed by atoms with Crippen LogP contribution in [0.3, 0.4) is 0 Å². The molecule has 0 saturated heterocycles. The fraction of sp³-hybridized carbons (Fsp3) is 0.429. The summed E-state index contributed by atoms with van der Waals surface area (Å²) in [5.74, 6) is -2.25. The lowest BCUT2D eigenvalue weighted by molar-refractivity contribution is -0.137. The van der Waals surface area contributed by atoms with E-state index in [2.05, 4.69) is 15.4 Å². The van der Waals surface area contributed by atoms with Gasteiger partial charge in [-0.25, -0.2) is 13.8 Å². The SMILES string of the molecule is Cc1cc(NCC2CC(F)(F)C2)n2nc(C(C)c3ccc(C(F)(F)F)cc3)cc2n1. The molecule has 160 valence electrons. The highest BCUT2D eigenvalue weighted by atomic mass is 19.4. The molecule has 1 aliphatic carbocycles. The number of halogens is 5. The van der Waals surface area contributed by atoms with E-state index in [0.29, 0.717) is 29.3 Å². The first-order valence-electron chi connectivity index (χ1n) is 9.68. The maximum atomic E-state index is 13.1. The number of rotatable bonds is 5. The molecule has 1 aromatic carbocycles. The molecule has 9 heteroatoms. The van der Waals surface area contributed by atoms with Gasteiger partial charge in [-0.3, -0.25) is 0 Å². The van der Waals surface area contributed by atoms with Gasteiger partial charge in [-0.05, 0) is 30.5 Å². The zero-order valence-electron chi connectivity index (χ0n) is 16.5. The summed E-state index contributed by atoms with van der Waals surface area (Å²) in [6.07, 6.45) is -4.62. The largest absolute Gasteiger partial charge is 0.416 e. The average Bonchev–Trinajstić information content (AvgIpc) is 3.07. The van der Waals surface area contributed by atoms with Crippen LogP contribution >= 0.6 is 0 Å². The van der Waals surface area contributed by atoms with Gasteiger partial charge in [0.2, 0.25) is 5.92 Å². The molecule has 1 saturated carbocycles. The number of aromatic nitrogens is 3. The van der Waals surface area contributed by atoms with Crippen LogP contribution in [0.15, 0.2) is 36.4 Å². The van der Waals surface area contributed by atoms with Gasteiger partial charge in [0.25, 0.3) is 0 Å². The third kappa shape index (κ3) is 4.11. The Kier molecular flexibility index (Phi) is 4.94. The Hall–Kier alpha value is -2.71. The van der Waals surface area contributed by atoms with Crippen LogP contribution < -0.4 is 5.32 Å². The highest BCUT2D eigenvalue weighted by molar-refractivity contribution is 5.51. The summed E-state index contributed by atoms with van der Waals surface area (Å²) < 4.78 is 66.1. The van der Waals surface area contributed by atoms with Gasteiger partial charge in [-0.1, -0.05) is 19.1 Å². The number of nitrogens with zero attached hydrogens (tertiary/aromatic N) is 3. The zero-order chi connectivity index (χ0) is 21.7. The monoisotopic (exact) mass is 424 g/mol. The summed E-state index contributed by atoms with van der Waals surface area (Å²) in [5.41, 5.74) is 2.00. The molecular weight excluding hydrogens is 403 g/mol.